The SMILES string of the molecule is CCOc1ccc(/C(O)=C2\C(=O)C(=O)N(CCCOC(C)C)C2c2sccc2C)c(OCC)c1. The molecule has 1 fully saturated rings. The van der Waals surface area contributed by atoms with Gasteiger partial charge in [0.15, 0.2) is 0 Å². The van der Waals surface area contributed by atoms with Gasteiger partial charge in [0, 0.05) is 24.1 Å². The van der Waals surface area contributed by atoms with Crippen LogP contribution in [0.25, 0.3) is 5.76 Å². The summed E-state index contributed by atoms with van der Waals surface area (Å²) in [5.41, 5.74) is 1.39. The van der Waals surface area contributed by atoms with Crippen molar-refractivity contribution >= 4 is 28.8 Å². The van der Waals surface area contributed by atoms with E-state index in [2.05, 4.69) is 0 Å². The van der Waals surface area contributed by atoms with Crippen molar-refractivity contribution in [1.29, 1.82) is 0 Å². The van der Waals surface area contributed by atoms with Gasteiger partial charge in [0.25, 0.3) is 11.7 Å². The van der Waals surface area contributed by atoms with Crippen molar-refractivity contribution in [1.82, 2.24) is 4.90 Å². The van der Waals surface area contributed by atoms with E-state index in [1.54, 1.807) is 23.1 Å². The number of rotatable bonds is 11. The molecule has 0 aliphatic carbocycles. The van der Waals surface area contributed by atoms with E-state index >= 15 is 0 Å². The number of carbonyl (C=O) groups excluding carboxylic acids is 2. The summed E-state index contributed by atoms with van der Waals surface area (Å²) in [6.07, 6.45) is 0.668. The predicted octanol–water partition coefficient (Wildman–Crippen LogP) is 5.09. The standard InChI is InChI=1S/C26H33NO6S/c1-6-31-18-9-10-19(20(15-18)32-7-2)23(28)21-22(25-17(5)11-14-34-25)27(26(30)24(21)29)12-8-13-33-16(3)4/h9-11,14-16,22,28H,6-8,12-13H2,1-5H3/b23-21+. The second-order valence-corrected chi connectivity index (χ2v) is 9.21. The van der Waals surface area contributed by atoms with E-state index in [0.29, 0.717) is 49.8 Å². The van der Waals surface area contributed by atoms with Gasteiger partial charge in [0.05, 0.1) is 36.5 Å². The van der Waals surface area contributed by atoms with Gasteiger partial charge in [0.2, 0.25) is 0 Å². The first-order valence-corrected chi connectivity index (χ1v) is 12.5. The molecule has 7 nitrogen and oxygen atoms in total. The van der Waals surface area contributed by atoms with Crippen LogP contribution < -0.4 is 9.47 Å². The van der Waals surface area contributed by atoms with Gasteiger partial charge < -0.3 is 24.2 Å². The topological polar surface area (TPSA) is 85.3 Å². The highest BCUT2D eigenvalue weighted by molar-refractivity contribution is 7.10. The molecule has 0 bridgehead atoms. The largest absolute Gasteiger partial charge is 0.507 e. The molecule has 2 aromatic rings. The number of thiophene rings is 1. The Balaban J connectivity index is 2.08. The van der Waals surface area contributed by atoms with Crippen LogP contribution in [0.1, 0.15) is 56.2 Å². The molecule has 1 N–H and O–H groups in total. The summed E-state index contributed by atoms with van der Waals surface area (Å²) >= 11 is 1.46. The molecule has 2 heterocycles. The molecule has 1 unspecified atom stereocenters. The summed E-state index contributed by atoms with van der Waals surface area (Å²) in [5.74, 6) is -0.573. The van der Waals surface area contributed by atoms with E-state index in [1.807, 2.05) is 46.1 Å². The predicted molar refractivity (Wildman–Crippen MR) is 133 cm³/mol. The number of ether oxygens (including phenoxy) is 3. The number of hydrogen-bond donors (Lipinski definition) is 1. The number of amides is 1. The minimum absolute atomic E-state index is 0.0745. The Labute approximate surface area is 204 Å². The number of Topliss-reactive ketones (excluding diaryl/α,β-unsaturated/α-hetero) is 1. The summed E-state index contributed by atoms with van der Waals surface area (Å²) in [6, 6.07) is 6.34. The summed E-state index contributed by atoms with van der Waals surface area (Å²) in [6.45, 7) is 11.2. The molecule has 1 amide bonds. The molecule has 1 aliphatic heterocycles. The third-order valence-corrected chi connectivity index (χ3v) is 6.57. The summed E-state index contributed by atoms with van der Waals surface area (Å²) in [5, 5.41) is 13.3. The fourth-order valence-electron chi connectivity index (χ4n) is 3.98. The van der Waals surface area contributed by atoms with Gasteiger partial charge in [0.1, 0.15) is 17.3 Å². The van der Waals surface area contributed by atoms with E-state index in [-0.39, 0.29) is 17.4 Å². The average Bonchev–Trinajstić information content (AvgIpc) is 3.32. The molecule has 8 heteroatoms. The molecule has 0 spiro atoms. The Hall–Kier alpha value is -2.84. The number of likely N-dealkylation sites (tertiary alicyclic amines) is 1. The van der Waals surface area contributed by atoms with Crippen molar-refractivity contribution in [3.8, 4) is 11.5 Å². The molecule has 3 rings (SSSR count). The van der Waals surface area contributed by atoms with Crippen molar-refractivity contribution in [3.05, 3.63) is 51.2 Å². The van der Waals surface area contributed by atoms with E-state index < -0.39 is 17.7 Å². The van der Waals surface area contributed by atoms with Crippen LogP contribution in [0.2, 0.25) is 0 Å². The first-order chi connectivity index (χ1) is 16.3. The zero-order valence-corrected chi connectivity index (χ0v) is 21.2. The molecule has 1 atom stereocenters. The van der Waals surface area contributed by atoms with Crippen LogP contribution in [0.5, 0.6) is 11.5 Å². The van der Waals surface area contributed by atoms with Crippen LogP contribution in [-0.4, -0.2) is 54.2 Å². The minimum atomic E-state index is -0.698. The van der Waals surface area contributed by atoms with Crippen LogP contribution in [0.3, 0.4) is 0 Å². The number of ketones is 1. The Bertz CT molecular complexity index is 1060. The molecular formula is C26H33NO6S. The molecule has 0 saturated carbocycles. The summed E-state index contributed by atoms with van der Waals surface area (Å²) in [4.78, 5) is 28.7. The highest BCUT2D eigenvalue weighted by atomic mass is 32.1. The zero-order chi connectivity index (χ0) is 24.8. The Morgan fingerprint density at radius 2 is 1.88 bits per heavy atom. The number of aliphatic hydroxyl groups is 1. The Kier molecular flexibility index (Phi) is 8.74. The lowest BCUT2D eigenvalue weighted by Crippen LogP contribution is -2.31. The number of carbonyl (C=O) groups is 2. The van der Waals surface area contributed by atoms with E-state index in [9.17, 15) is 14.7 Å². The smallest absolute Gasteiger partial charge is 0.295 e. The van der Waals surface area contributed by atoms with Crippen molar-refractivity contribution in [2.45, 2.75) is 53.2 Å². The molecule has 1 aromatic carbocycles. The monoisotopic (exact) mass is 487 g/mol. The van der Waals surface area contributed by atoms with E-state index in [4.69, 9.17) is 14.2 Å². The normalized spacial score (nSPS) is 17.6. The highest BCUT2D eigenvalue weighted by Crippen LogP contribution is 2.44. The maximum absolute atomic E-state index is 13.2. The number of aliphatic hydroxyl groups excluding tert-OH is 1. The Morgan fingerprint density at radius 3 is 2.50 bits per heavy atom. The van der Waals surface area contributed by atoms with Crippen LogP contribution >= 0.6 is 11.3 Å². The summed E-state index contributed by atoms with van der Waals surface area (Å²) in [7, 11) is 0. The Morgan fingerprint density at radius 1 is 1.15 bits per heavy atom. The lowest BCUT2D eigenvalue weighted by Gasteiger charge is -2.25. The highest BCUT2D eigenvalue weighted by Gasteiger charge is 2.47. The third kappa shape index (κ3) is 5.45. The van der Waals surface area contributed by atoms with Crippen LogP contribution in [0.15, 0.2) is 35.2 Å². The second kappa shape index (κ2) is 11.5. The molecule has 1 saturated heterocycles. The molecule has 0 radical (unpaired) electrons. The van der Waals surface area contributed by atoms with E-state index in [1.165, 1.54) is 11.3 Å². The van der Waals surface area contributed by atoms with Gasteiger partial charge >= 0.3 is 0 Å². The third-order valence-electron chi connectivity index (χ3n) is 5.50. The molecule has 1 aliphatic rings. The van der Waals surface area contributed by atoms with E-state index in [0.717, 1.165) is 10.4 Å². The number of aryl methyl sites for hydroxylation is 1. The first-order valence-electron chi connectivity index (χ1n) is 11.6. The number of benzene rings is 1. The molecule has 1 aromatic heterocycles. The lowest BCUT2D eigenvalue weighted by molar-refractivity contribution is -0.140. The van der Waals surface area contributed by atoms with Crippen molar-refractivity contribution in [2.24, 2.45) is 0 Å². The van der Waals surface area contributed by atoms with Gasteiger partial charge in [-0.1, -0.05) is 0 Å². The first kappa shape index (κ1) is 25.8. The minimum Gasteiger partial charge on any atom is -0.507 e. The lowest BCUT2D eigenvalue weighted by atomic mass is 9.98. The number of nitrogens with zero attached hydrogens (tertiary/aromatic N) is 1. The van der Waals surface area contributed by atoms with Gasteiger partial charge in [-0.05, 0) is 70.2 Å². The quantitative estimate of drug-likeness (QED) is 0.206. The molecule has 184 valence electrons. The zero-order valence-electron chi connectivity index (χ0n) is 20.4. The number of hydrogen-bond acceptors (Lipinski definition) is 7. The molecular weight excluding hydrogens is 454 g/mol. The van der Waals surface area contributed by atoms with Crippen LogP contribution in [0.4, 0.5) is 0 Å². The summed E-state index contributed by atoms with van der Waals surface area (Å²) < 4.78 is 16.9. The fourth-order valence-corrected chi connectivity index (χ4v) is 5.02. The fraction of sp³-hybridized carbons (Fsp3) is 0.462. The van der Waals surface area contributed by atoms with Crippen molar-refractivity contribution < 1.29 is 28.9 Å². The van der Waals surface area contributed by atoms with Crippen LogP contribution in [0, 0.1) is 6.92 Å². The maximum Gasteiger partial charge on any atom is 0.295 e. The average molecular weight is 488 g/mol. The maximum atomic E-state index is 13.2. The second-order valence-electron chi connectivity index (χ2n) is 8.26. The van der Waals surface area contributed by atoms with Crippen molar-refractivity contribution in [3.63, 3.8) is 0 Å². The molecule has 34 heavy (non-hydrogen) atoms. The van der Waals surface area contributed by atoms with Crippen molar-refractivity contribution in [2.75, 3.05) is 26.4 Å². The van der Waals surface area contributed by atoms with Gasteiger partial charge in [-0.15, -0.1) is 11.3 Å². The van der Waals surface area contributed by atoms with Gasteiger partial charge in [-0.2, -0.15) is 0 Å². The van der Waals surface area contributed by atoms with Gasteiger partial charge in [-0.3, -0.25) is 9.59 Å². The van der Waals surface area contributed by atoms with Crippen LogP contribution in [-0.2, 0) is 14.3 Å². The van der Waals surface area contributed by atoms with Gasteiger partial charge in [-0.25, -0.2) is 0 Å².